The first-order valence-corrected chi connectivity index (χ1v) is 7.69. The zero-order chi connectivity index (χ0) is 17.1. The maximum absolute atomic E-state index is 12.2. The third kappa shape index (κ3) is 5.94. The van der Waals surface area contributed by atoms with Crippen molar-refractivity contribution in [3.05, 3.63) is 65.7 Å². The summed E-state index contributed by atoms with van der Waals surface area (Å²) in [6, 6.07) is 15.8. The van der Waals surface area contributed by atoms with Crippen LogP contribution >= 0.6 is 0 Å². The van der Waals surface area contributed by atoms with Crippen LogP contribution in [0.4, 0.5) is 0 Å². The van der Waals surface area contributed by atoms with Gasteiger partial charge >= 0.3 is 5.97 Å². The lowest BCUT2D eigenvalue weighted by Gasteiger charge is -2.07. The van der Waals surface area contributed by atoms with Crippen LogP contribution in [0.5, 0.6) is 5.75 Å². The maximum atomic E-state index is 12.2. The monoisotopic (exact) mass is 314 g/mol. The number of hydrogen-bond donors (Lipinski definition) is 0. The van der Waals surface area contributed by atoms with Gasteiger partial charge in [0.2, 0.25) is 6.79 Å². The molecule has 23 heavy (non-hydrogen) atoms. The second kappa shape index (κ2) is 10.2. The second-order valence-corrected chi connectivity index (χ2v) is 4.35. The van der Waals surface area contributed by atoms with Crippen molar-refractivity contribution in [2.75, 3.05) is 6.79 Å². The molecule has 2 aromatic rings. The van der Waals surface area contributed by atoms with Gasteiger partial charge in [-0.1, -0.05) is 51.1 Å². The Labute approximate surface area is 137 Å². The summed E-state index contributed by atoms with van der Waals surface area (Å²) in [5.74, 6) is 0.189. The van der Waals surface area contributed by atoms with Gasteiger partial charge in [-0.05, 0) is 24.3 Å². The Morgan fingerprint density at radius 1 is 0.870 bits per heavy atom. The molecule has 0 spiro atoms. The fourth-order valence-corrected chi connectivity index (χ4v) is 1.72. The van der Waals surface area contributed by atoms with E-state index in [1.807, 2.05) is 32.0 Å². The fraction of sp³-hybridized carbons (Fsp3) is 0.263. The summed E-state index contributed by atoms with van der Waals surface area (Å²) in [6.45, 7) is 5.59. The minimum absolute atomic E-state index is 0.0421. The van der Waals surface area contributed by atoms with Gasteiger partial charge < -0.3 is 9.47 Å². The predicted molar refractivity (Wildman–Crippen MR) is 89.5 cm³/mol. The van der Waals surface area contributed by atoms with E-state index in [0.717, 1.165) is 0 Å². The first kappa shape index (κ1) is 18.4. The number of carbonyl (C=O) groups is 2. The Kier molecular flexibility index (Phi) is 8.14. The summed E-state index contributed by atoms with van der Waals surface area (Å²) in [5.41, 5.74) is 1.22. The van der Waals surface area contributed by atoms with Crippen molar-refractivity contribution < 1.29 is 19.1 Å². The van der Waals surface area contributed by atoms with Crippen LogP contribution < -0.4 is 4.74 Å². The van der Waals surface area contributed by atoms with Crippen molar-refractivity contribution in [2.24, 2.45) is 0 Å². The number of benzene rings is 2. The largest absolute Gasteiger partial charge is 0.457 e. The lowest BCUT2D eigenvalue weighted by molar-refractivity contribution is -0.149. The molecule has 0 atom stereocenters. The number of esters is 1. The van der Waals surface area contributed by atoms with Crippen LogP contribution in [0, 0.1) is 0 Å². The average molecular weight is 314 g/mol. The van der Waals surface area contributed by atoms with Gasteiger partial charge in [-0.25, -0.2) is 0 Å². The SMILES string of the molecule is CC.CCC(=O)OCOc1ccc(C(=O)c2ccccc2)cc1. The molecule has 0 aromatic heterocycles. The van der Waals surface area contributed by atoms with Crippen molar-refractivity contribution in [1.82, 2.24) is 0 Å². The van der Waals surface area contributed by atoms with Gasteiger partial charge in [-0.15, -0.1) is 0 Å². The van der Waals surface area contributed by atoms with E-state index in [9.17, 15) is 9.59 Å². The van der Waals surface area contributed by atoms with Gasteiger partial charge in [0.25, 0.3) is 0 Å². The topological polar surface area (TPSA) is 52.6 Å². The van der Waals surface area contributed by atoms with Crippen LogP contribution in [-0.4, -0.2) is 18.5 Å². The Balaban J connectivity index is 0.00000127. The molecule has 0 heterocycles. The van der Waals surface area contributed by atoms with Crippen LogP contribution in [0.15, 0.2) is 54.6 Å². The summed E-state index contributed by atoms with van der Waals surface area (Å²) in [5, 5.41) is 0. The lowest BCUT2D eigenvalue weighted by Crippen LogP contribution is -2.09. The molecule has 0 bridgehead atoms. The minimum atomic E-state index is -0.314. The van der Waals surface area contributed by atoms with Gasteiger partial charge in [0.1, 0.15) is 5.75 Å². The van der Waals surface area contributed by atoms with E-state index in [0.29, 0.717) is 23.3 Å². The molecule has 0 amide bonds. The second-order valence-electron chi connectivity index (χ2n) is 4.35. The molecular weight excluding hydrogens is 292 g/mol. The van der Waals surface area contributed by atoms with Crippen molar-refractivity contribution in [3.8, 4) is 5.75 Å². The number of carbonyl (C=O) groups excluding carboxylic acids is 2. The Morgan fingerprint density at radius 3 is 2.00 bits per heavy atom. The summed E-state index contributed by atoms with van der Waals surface area (Å²) in [6.07, 6.45) is 0.313. The van der Waals surface area contributed by atoms with Gasteiger partial charge in [0.15, 0.2) is 5.78 Å². The number of ether oxygens (including phenoxy) is 2. The molecule has 4 nitrogen and oxygen atoms in total. The van der Waals surface area contributed by atoms with E-state index in [4.69, 9.17) is 9.47 Å². The highest BCUT2D eigenvalue weighted by atomic mass is 16.7. The molecule has 0 unspecified atom stereocenters. The Hall–Kier alpha value is -2.62. The highest BCUT2D eigenvalue weighted by Gasteiger charge is 2.08. The van der Waals surface area contributed by atoms with Crippen LogP contribution in [0.3, 0.4) is 0 Å². The molecule has 0 saturated heterocycles. The van der Waals surface area contributed by atoms with Crippen molar-refractivity contribution in [3.63, 3.8) is 0 Å². The summed E-state index contributed by atoms with van der Waals surface area (Å²) >= 11 is 0. The summed E-state index contributed by atoms with van der Waals surface area (Å²) in [7, 11) is 0. The number of rotatable bonds is 6. The van der Waals surface area contributed by atoms with E-state index in [1.54, 1.807) is 43.3 Å². The molecular formula is C19H22O4. The maximum Gasteiger partial charge on any atom is 0.308 e. The average Bonchev–Trinajstić information content (AvgIpc) is 2.64. The molecule has 2 aromatic carbocycles. The third-order valence-corrected chi connectivity index (χ3v) is 2.89. The quantitative estimate of drug-likeness (QED) is 0.455. The molecule has 122 valence electrons. The molecule has 0 N–H and O–H groups in total. The smallest absolute Gasteiger partial charge is 0.308 e. The summed E-state index contributed by atoms with van der Waals surface area (Å²) in [4.78, 5) is 23.1. The van der Waals surface area contributed by atoms with Crippen molar-refractivity contribution in [1.29, 1.82) is 0 Å². The van der Waals surface area contributed by atoms with Crippen LogP contribution in [-0.2, 0) is 9.53 Å². The molecule has 0 radical (unpaired) electrons. The Morgan fingerprint density at radius 2 is 1.43 bits per heavy atom. The molecule has 0 aliphatic heterocycles. The van der Waals surface area contributed by atoms with Gasteiger partial charge in [0, 0.05) is 17.5 Å². The predicted octanol–water partition coefficient (Wildman–Crippen LogP) is 4.23. The number of ketones is 1. The zero-order valence-corrected chi connectivity index (χ0v) is 13.7. The molecule has 4 heteroatoms. The third-order valence-electron chi connectivity index (χ3n) is 2.89. The van der Waals surface area contributed by atoms with Crippen LogP contribution in [0.1, 0.15) is 43.1 Å². The standard InChI is InChI=1S/C17H16O4.C2H6/c1-2-16(18)21-12-20-15-10-8-14(9-11-15)17(19)13-6-4-3-5-7-13;1-2/h3-11H,2,12H2,1H3;1-2H3. The fourth-order valence-electron chi connectivity index (χ4n) is 1.72. The number of hydrogen-bond acceptors (Lipinski definition) is 4. The molecule has 2 rings (SSSR count). The van der Waals surface area contributed by atoms with Crippen LogP contribution in [0.2, 0.25) is 0 Å². The van der Waals surface area contributed by atoms with E-state index >= 15 is 0 Å². The van der Waals surface area contributed by atoms with E-state index < -0.39 is 0 Å². The van der Waals surface area contributed by atoms with Crippen molar-refractivity contribution in [2.45, 2.75) is 27.2 Å². The van der Waals surface area contributed by atoms with Crippen molar-refractivity contribution >= 4 is 11.8 Å². The van der Waals surface area contributed by atoms with E-state index in [2.05, 4.69) is 0 Å². The van der Waals surface area contributed by atoms with E-state index in [1.165, 1.54) is 0 Å². The zero-order valence-electron chi connectivity index (χ0n) is 13.7. The normalized spacial score (nSPS) is 9.35. The minimum Gasteiger partial charge on any atom is -0.457 e. The lowest BCUT2D eigenvalue weighted by atomic mass is 10.0. The van der Waals surface area contributed by atoms with Gasteiger partial charge in [0.05, 0.1) is 0 Å². The summed E-state index contributed by atoms with van der Waals surface area (Å²) < 4.78 is 10.1. The molecule has 0 aliphatic carbocycles. The van der Waals surface area contributed by atoms with Crippen LogP contribution in [0.25, 0.3) is 0 Å². The first-order valence-electron chi connectivity index (χ1n) is 7.69. The van der Waals surface area contributed by atoms with Gasteiger partial charge in [-0.2, -0.15) is 0 Å². The molecule has 0 fully saturated rings. The molecule has 0 saturated carbocycles. The highest BCUT2D eigenvalue weighted by Crippen LogP contribution is 2.15. The van der Waals surface area contributed by atoms with E-state index in [-0.39, 0.29) is 18.5 Å². The van der Waals surface area contributed by atoms with Gasteiger partial charge in [-0.3, -0.25) is 9.59 Å². The first-order chi connectivity index (χ1) is 11.2. The molecule has 0 aliphatic rings. The Bertz CT molecular complexity index is 603. The highest BCUT2D eigenvalue weighted by molar-refractivity contribution is 6.08.